The molecule has 142 valence electrons. The Morgan fingerprint density at radius 1 is 1.15 bits per heavy atom. The van der Waals surface area contributed by atoms with E-state index in [2.05, 4.69) is 15.5 Å². The molecular weight excluding hydrogens is 360 g/mol. The lowest BCUT2D eigenvalue weighted by Gasteiger charge is -2.23. The molecule has 2 aromatic carbocycles. The van der Waals surface area contributed by atoms with E-state index in [0.717, 1.165) is 42.8 Å². The van der Waals surface area contributed by atoms with Gasteiger partial charge in [0.05, 0.1) is 13.2 Å². The van der Waals surface area contributed by atoms with E-state index in [0.29, 0.717) is 18.2 Å². The summed E-state index contributed by atoms with van der Waals surface area (Å²) in [6.07, 6.45) is 4.38. The molecule has 0 unspecified atom stereocenters. The zero-order chi connectivity index (χ0) is 18.9. The van der Waals surface area contributed by atoms with Crippen molar-refractivity contribution in [2.45, 2.75) is 38.3 Å². The Morgan fingerprint density at radius 2 is 1.96 bits per heavy atom. The van der Waals surface area contributed by atoms with Crippen molar-refractivity contribution >= 4 is 23.1 Å². The Kier molecular flexibility index (Phi) is 5.11. The summed E-state index contributed by atoms with van der Waals surface area (Å²) in [6, 6.07) is 15.7. The Labute approximate surface area is 165 Å². The van der Waals surface area contributed by atoms with Gasteiger partial charge in [-0.2, -0.15) is 0 Å². The summed E-state index contributed by atoms with van der Waals surface area (Å²) in [7, 11) is 0. The zero-order valence-electron chi connectivity index (χ0n) is 15.7. The molecule has 4 nitrogen and oxygen atoms in total. The largest absolute Gasteiger partial charge is 0.494 e. The summed E-state index contributed by atoms with van der Waals surface area (Å²) >= 11 is 6.24. The Morgan fingerprint density at radius 3 is 2.70 bits per heavy atom. The van der Waals surface area contributed by atoms with Gasteiger partial charge in [-0.15, -0.1) is 0 Å². The van der Waals surface area contributed by atoms with E-state index in [1.165, 1.54) is 12.3 Å². The average molecular weight is 386 g/mol. The fourth-order valence-corrected chi connectivity index (χ4v) is 4.37. The summed E-state index contributed by atoms with van der Waals surface area (Å²) in [4.78, 5) is 2.23. The van der Waals surface area contributed by atoms with E-state index >= 15 is 0 Å². The maximum absolute atomic E-state index is 11.8. The first kappa shape index (κ1) is 18.3. The molecule has 0 amide bonds. The third-order valence-electron chi connectivity index (χ3n) is 5.48. The molecule has 2 aromatic rings. The fraction of sp³-hybridized carbons (Fsp3) is 0.409. The molecule has 0 saturated carbocycles. The van der Waals surface area contributed by atoms with E-state index < -0.39 is 5.72 Å². The average Bonchev–Trinajstić information content (AvgIpc) is 2.83. The van der Waals surface area contributed by atoms with Gasteiger partial charge in [-0.25, -0.2) is 9.48 Å². The number of hydrogen-bond donors (Lipinski definition) is 1. The number of amidine groups is 1. The molecule has 27 heavy (non-hydrogen) atoms. The molecule has 2 heterocycles. The normalized spacial score (nSPS) is 22.6. The van der Waals surface area contributed by atoms with Gasteiger partial charge in [-0.3, -0.25) is 0 Å². The third-order valence-corrected chi connectivity index (χ3v) is 5.71. The first-order chi connectivity index (χ1) is 13.1. The van der Waals surface area contributed by atoms with E-state index in [-0.39, 0.29) is 0 Å². The smallest absolute Gasteiger partial charge is 0.271 e. The van der Waals surface area contributed by atoms with Crippen molar-refractivity contribution in [2.24, 2.45) is 0 Å². The molecule has 0 fully saturated rings. The van der Waals surface area contributed by atoms with Crippen LogP contribution in [0.5, 0.6) is 5.75 Å². The molecule has 2 aliphatic rings. The van der Waals surface area contributed by atoms with Crippen LogP contribution in [0.2, 0.25) is 5.02 Å². The second-order valence-electron chi connectivity index (χ2n) is 7.22. The lowest BCUT2D eigenvalue weighted by atomic mass is 10.0. The van der Waals surface area contributed by atoms with E-state index in [1.807, 2.05) is 49.4 Å². The molecule has 0 bridgehead atoms. The predicted molar refractivity (Wildman–Crippen MR) is 109 cm³/mol. The van der Waals surface area contributed by atoms with Crippen molar-refractivity contribution in [3.05, 3.63) is 59.1 Å². The number of ether oxygens (including phenoxy) is 1. The van der Waals surface area contributed by atoms with Crippen LogP contribution in [0.3, 0.4) is 0 Å². The first-order valence-corrected chi connectivity index (χ1v) is 10.1. The number of halogens is 1. The number of nitrogens with zero attached hydrogens (tertiary/aromatic N) is 2. The zero-order valence-corrected chi connectivity index (χ0v) is 16.5. The number of rotatable bonds is 4. The van der Waals surface area contributed by atoms with Crippen molar-refractivity contribution in [3.8, 4) is 5.75 Å². The SMILES string of the molecule is CCOc1ccc([C@@]2(O)CN(c3cccc(Cl)c3)C3=[N+]2CCCCC3)cc1. The molecule has 0 spiro atoms. The molecule has 0 aliphatic carbocycles. The summed E-state index contributed by atoms with van der Waals surface area (Å²) in [5.41, 5.74) is 0.883. The molecule has 4 rings (SSSR count). The van der Waals surface area contributed by atoms with Crippen molar-refractivity contribution < 1.29 is 14.4 Å². The molecule has 0 aromatic heterocycles. The molecule has 0 saturated heterocycles. The summed E-state index contributed by atoms with van der Waals surface area (Å²) < 4.78 is 7.75. The Hall–Kier alpha value is -2.04. The number of β-amino-alcohol motifs (C(OH)–C–C–N with tert-alkyl or cyclic N) is 1. The van der Waals surface area contributed by atoms with Gasteiger partial charge < -0.3 is 9.84 Å². The lowest BCUT2D eigenvalue weighted by Crippen LogP contribution is -2.41. The van der Waals surface area contributed by atoms with Gasteiger partial charge in [0.2, 0.25) is 0 Å². The summed E-state index contributed by atoms with van der Waals surface area (Å²) in [5, 5.41) is 12.5. The molecular formula is C22H26ClN2O2+. The monoisotopic (exact) mass is 385 g/mol. The quantitative estimate of drug-likeness (QED) is 0.793. The van der Waals surface area contributed by atoms with Crippen molar-refractivity contribution in [2.75, 3.05) is 24.6 Å². The van der Waals surface area contributed by atoms with Crippen molar-refractivity contribution in [1.29, 1.82) is 0 Å². The second kappa shape index (κ2) is 7.53. The predicted octanol–water partition coefficient (Wildman–Crippen LogP) is 4.39. The fourth-order valence-electron chi connectivity index (χ4n) is 4.19. The Balaban J connectivity index is 1.75. The van der Waals surface area contributed by atoms with Crippen LogP contribution in [0.25, 0.3) is 0 Å². The van der Waals surface area contributed by atoms with Gasteiger partial charge in [-0.1, -0.05) is 17.7 Å². The van der Waals surface area contributed by atoms with Crippen LogP contribution in [0, 0.1) is 0 Å². The van der Waals surface area contributed by atoms with Crippen LogP contribution in [-0.4, -0.2) is 35.2 Å². The third kappa shape index (κ3) is 3.44. The highest BCUT2D eigenvalue weighted by molar-refractivity contribution is 6.30. The van der Waals surface area contributed by atoms with E-state index in [4.69, 9.17) is 16.3 Å². The maximum Gasteiger partial charge on any atom is 0.271 e. The van der Waals surface area contributed by atoms with Crippen molar-refractivity contribution in [1.82, 2.24) is 0 Å². The van der Waals surface area contributed by atoms with Crippen LogP contribution in [0.15, 0.2) is 48.5 Å². The minimum Gasteiger partial charge on any atom is -0.494 e. The molecule has 5 heteroatoms. The minimum absolute atomic E-state index is 0.497. The van der Waals surface area contributed by atoms with Gasteiger partial charge in [0, 0.05) is 23.1 Å². The lowest BCUT2D eigenvalue weighted by molar-refractivity contribution is -0.658. The molecule has 0 radical (unpaired) electrons. The van der Waals surface area contributed by atoms with Gasteiger partial charge >= 0.3 is 0 Å². The van der Waals surface area contributed by atoms with Crippen LogP contribution < -0.4 is 9.64 Å². The van der Waals surface area contributed by atoms with E-state index in [1.54, 1.807) is 0 Å². The maximum atomic E-state index is 11.8. The van der Waals surface area contributed by atoms with Gasteiger partial charge in [0.25, 0.3) is 11.6 Å². The van der Waals surface area contributed by atoms with Crippen LogP contribution in [0.1, 0.15) is 38.2 Å². The standard InChI is InChI=1S/C22H26ClN2O2/c1-2-27-20-12-10-17(11-13-20)22(26)16-24(19-8-6-7-18(23)15-19)21-9-4-3-5-14-25(21)22/h6-8,10-13,15,26H,2-5,9,14,16H2,1H3/q+1/t22-/m0/s1. The molecule has 1 N–H and O–H groups in total. The number of hydrogen-bond acceptors (Lipinski definition) is 3. The highest BCUT2D eigenvalue weighted by Gasteiger charge is 2.51. The number of anilines is 1. The van der Waals surface area contributed by atoms with Gasteiger partial charge in [-0.05, 0) is 62.6 Å². The second-order valence-corrected chi connectivity index (χ2v) is 7.65. The van der Waals surface area contributed by atoms with Crippen LogP contribution >= 0.6 is 11.6 Å². The van der Waals surface area contributed by atoms with Crippen molar-refractivity contribution in [3.63, 3.8) is 0 Å². The van der Waals surface area contributed by atoms with Crippen LogP contribution in [0.4, 0.5) is 5.69 Å². The highest BCUT2D eigenvalue weighted by atomic mass is 35.5. The first-order valence-electron chi connectivity index (χ1n) is 9.74. The number of benzene rings is 2. The summed E-state index contributed by atoms with van der Waals surface area (Å²) in [5.74, 6) is 2.01. The summed E-state index contributed by atoms with van der Waals surface area (Å²) in [6.45, 7) is 3.96. The van der Waals surface area contributed by atoms with E-state index in [9.17, 15) is 5.11 Å². The molecule has 2 aliphatic heterocycles. The number of aliphatic hydroxyl groups is 1. The topological polar surface area (TPSA) is 35.7 Å². The van der Waals surface area contributed by atoms with Gasteiger partial charge in [0.15, 0.2) is 6.54 Å². The Bertz CT molecular complexity index is 850. The van der Waals surface area contributed by atoms with Crippen LogP contribution in [-0.2, 0) is 5.72 Å². The highest BCUT2D eigenvalue weighted by Crippen LogP contribution is 2.36. The minimum atomic E-state index is -1.05. The molecule has 1 atom stereocenters. The van der Waals surface area contributed by atoms with Gasteiger partial charge in [0.1, 0.15) is 11.4 Å².